The van der Waals surface area contributed by atoms with Gasteiger partial charge in [-0.2, -0.15) is 0 Å². The zero-order valence-electron chi connectivity index (χ0n) is 31.7. The molecule has 0 aliphatic heterocycles. The van der Waals surface area contributed by atoms with Crippen LogP contribution in [0.3, 0.4) is 0 Å². The molecule has 0 radical (unpaired) electrons. The van der Waals surface area contributed by atoms with Crippen molar-refractivity contribution in [3.05, 3.63) is 0 Å². The monoisotopic (exact) mass is 1140 g/mol. The molecule has 0 aliphatic carbocycles. The summed E-state index contributed by atoms with van der Waals surface area (Å²) in [4.78, 5) is 87.5. The van der Waals surface area contributed by atoms with Gasteiger partial charge in [-0.3, -0.25) is 19.6 Å². The van der Waals surface area contributed by atoms with Gasteiger partial charge >= 0.3 is 71.2 Å². The molecule has 0 aromatic heterocycles. The third-order valence-corrected chi connectivity index (χ3v) is 4.72. The summed E-state index contributed by atoms with van der Waals surface area (Å²) in [5.74, 6) is -11.8. The van der Waals surface area contributed by atoms with E-state index >= 15 is 0 Å². The van der Waals surface area contributed by atoms with Gasteiger partial charge in [0.1, 0.15) is 0 Å². The Morgan fingerprint density at radius 2 is 0.362 bits per heavy atom. The summed E-state index contributed by atoms with van der Waals surface area (Å²) >= 11 is 0. The minimum absolute atomic E-state index is 0. The minimum Gasteiger partial charge on any atom is -0.549 e. The van der Waals surface area contributed by atoms with Crippen LogP contribution in [0.5, 0.6) is 0 Å². The van der Waals surface area contributed by atoms with Crippen LogP contribution in [0.2, 0.25) is 0 Å². The number of rotatable bonds is 24. The van der Waals surface area contributed by atoms with Crippen LogP contribution in [0.25, 0.3) is 0 Å². The van der Waals surface area contributed by atoms with E-state index in [2.05, 4.69) is 0 Å². The average molecular weight is 1140 g/mol. The van der Waals surface area contributed by atoms with E-state index in [4.69, 9.17) is 0 Å². The first-order valence-corrected chi connectivity index (χ1v) is 11.9. The van der Waals surface area contributed by atoms with Crippen molar-refractivity contribution in [1.82, 2.24) is 31.9 Å². The number of carboxylic acids is 8. The van der Waals surface area contributed by atoms with Crippen LogP contribution in [-0.2, 0) is 60.3 Å². The first kappa shape index (κ1) is 117. The molecule has 0 fully saturated rings. The Morgan fingerprint density at radius 1 is 0.276 bits per heavy atom. The predicted molar refractivity (Wildman–Crippen MR) is 175 cm³/mol. The fourth-order valence-corrected chi connectivity index (χ4v) is 3.35. The molecular formula is C22H64La2N6O28+4. The summed E-state index contributed by atoms with van der Waals surface area (Å²) in [5, 5.41) is 83.4. The topological polar surface area (TPSA) is 791 Å². The molecule has 0 amide bonds. The van der Waals surface area contributed by atoms with Gasteiger partial charge in [-0.25, -0.2) is 0 Å². The molecule has 0 aromatic rings. The number of quaternary nitrogens is 2. The molecule has 0 bridgehead atoms. The number of carboxylic acid groups (broad SMARTS) is 8. The van der Waals surface area contributed by atoms with Crippen molar-refractivity contribution in [1.29, 1.82) is 0 Å². The second-order valence-corrected chi connectivity index (χ2v) is 8.53. The van der Waals surface area contributed by atoms with Crippen molar-refractivity contribution < 1.29 is 216 Å². The van der Waals surface area contributed by atoms with Crippen molar-refractivity contribution in [3.63, 3.8) is 0 Å². The number of hydrogen-bond acceptors (Lipinski definition) is 20. The largest absolute Gasteiger partial charge is 3.00 e. The molecule has 36 heteroatoms. The standard InChI is InChI=1S/2C11H18N2O8.2La.2H3N.12H2O/c2*14-8(15)4-12(5-9(16)17)2-1-3-13(6-10(18)19)7-11(20)21;;;;;;;;;;;;;;;;/h2*1-7H2,(H,14,15)(H,16,17)(H,18,19)(H,20,21);;;2*1H3;12*1H2/q;;2*+3;;;;;;;;;;;;;;/p-2. The first-order valence-electron chi connectivity index (χ1n) is 11.9. The normalized spacial score (nSPS) is 7.79. The van der Waals surface area contributed by atoms with E-state index in [0.29, 0.717) is 0 Å². The van der Waals surface area contributed by atoms with Crippen molar-refractivity contribution in [2.24, 2.45) is 0 Å². The zero-order valence-corrected chi connectivity index (χ0v) is 38.9. The summed E-state index contributed by atoms with van der Waals surface area (Å²) in [6.07, 6.45) is 0.280. The fraction of sp³-hybridized carbons (Fsp3) is 0.636. The smallest absolute Gasteiger partial charge is 0.549 e. The number of hydrogen-bond donors (Lipinski definition) is 2. The van der Waals surface area contributed by atoms with Crippen molar-refractivity contribution in [2.45, 2.75) is 12.8 Å². The van der Waals surface area contributed by atoms with Crippen LogP contribution < -0.4 is 53.2 Å². The van der Waals surface area contributed by atoms with Crippen LogP contribution in [0.1, 0.15) is 12.8 Å². The molecule has 0 spiro atoms. The van der Waals surface area contributed by atoms with Crippen LogP contribution >= 0.6 is 0 Å². The van der Waals surface area contributed by atoms with E-state index in [-0.39, 0.29) is 188 Å². The van der Waals surface area contributed by atoms with Crippen LogP contribution in [-0.4, -0.2) is 190 Å². The van der Waals surface area contributed by atoms with E-state index in [1.807, 2.05) is 0 Å². The molecule has 0 atom stereocenters. The SMILES string of the molecule is O.O.O.O.O.O.O.O.O=C([O-])CN(CCCN(CC(=O)[O-])CC(=O)[O-])CC(=O)[O-].O=C([O-])CN(CCCN(CC(=O)[O-])CC(=O)[O-])CC(=O)[O-].[La+3].[La+3].[NH4+].[NH4+].[OH3+].[OH3+].[OH3+].[OH3+]. The van der Waals surface area contributed by atoms with Gasteiger partial charge in [0, 0.05) is 78.5 Å². The first-order chi connectivity index (χ1) is 19.4. The Balaban J connectivity index is -0.0000000270. The molecule has 0 aromatic carbocycles. The van der Waals surface area contributed by atoms with Gasteiger partial charge in [0.05, 0.1) is 47.8 Å². The molecule has 0 unspecified atom stereocenters. The molecule has 0 saturated heterocycles. The van der Waals surface area contributed by atoms with Gasteiger partial charge < -0.3 is 157 Å². The van der Waals surface area contributed by atoms with Gasteiger partial charge in [-0.05, 0) is 12.8 Å². The molecule has 0 rings (SSSR count). The van der Waals surface area contributed by atoms with Gasteiger partial charge in [0.15, 0.2) is 0 Å². The minimum atomic E-state index is -1.47. The number of carbonyl (C=O) groups excluding carboxylic acids is 8. The Labute approximate surface area is 384 Å². The quantitative estimate of drug-likeness (QED) is 0.0848. The fourth-order valence-electron chi connectivity index (χ4n) is 3.35. The van der Waals surface area contributed by atoms with Gasteiger partial charge in [0.2, 0.25) is 0 Å². The van der Waals surface area contributed by atoms with Crippen LogP contribution in [0, 0.1) is 71.2 Å². The van der Waals surface area contributed by atoms with E-state index in [9.17, 15) is 79.2 Å². The molecule has 34 nitrogen and oxygen atoms in total. The number of aliphatic carboxylic acids is 8. The maximum atomic E-state index is 10.4. The maximum Gasteiger partial charge on any atom is 3.00 e. The zero-order chi connectivity index (χ0) is 32.8. The molecule has 0 saturated carbocycles. The molecule has 0 aliphatic rings. The number of carbonyl (C=O) groups is 8. The predicted octanol–water partition coefficient (Wildman–Crippen LogP) is -23.6. The van der Waals surface area contributed by atoms with E-state index in [0.717, 1.165) is 19.6 Å². The maximum absolute atomic E-state index is 10.4. The van der Waals surface area contributed by atoms with Gasteiger partial charge in [-0.15, -0.1) is 0 Å². The molecule has 352 valence electrons. The molecule has 58 heavy (non-hydrogen) atoms. The molecule has 36 N–H and O–H groups in total. The van der Waals surface area contributed by atoms with E-state index in [1.54, 1.807) is 0 Å². The van der Waals surface area contributed by atoms with E-state index in [1.165, 1.54) is 0 Å². The van der Waals surface area contributed by atoms with Crippen LogP contribution in [0.4, 0.5) is 0 Å². The number of nitrogens with zero attached hydrogens (tertiary/aromatic N) is 4. The summed E-state index contributed by atoms with van der Waals surface area (Å²) in [5.41, 5.74) is 0. The van der Waals surface area contributed by atoms with Gasteiger partial charge in [-0.1, -0.05) is 0 Å². The summed E-state index contributed by atoms with van der Waals surface area (Å²) in [7, 11) is 0. The van der Waals surface area contributed by atoms with Gasteiger partial charge in [0.25, 0.3) is 0 Å². The second kappa shape index (κ2) is 69.1. The third kappa shape index (κ3) is 85.6. The summed E-state index contributed by atoms with van der Waals surface area (Å²) < 4.78 is 0. The summed E-state index contributed by atoms with van der Waals surface area (Å²) in [6, 6.07) is 0. The Morgan fingerprint density at radius 3 is 0.431 bits per heavy atom. The Kier molecular flexibility index (Phi) is 140. The Hall–Kier alpha value is -2.57. The van der Waals surface area contributed by atoms with E-state index < -0.39 is 100 Å². The third-order valence-electron chi connectivity index (χ3n) is 4.72. The van der Waals surface area contributed by atoms with Crippen molar-refractivity contribution in [2.75, 3.05) is 78.5 Å². The molecule has 0 heterocycles. The van der Waals surface area contributed by atoms with Crippen LogP contribution in [0.15, 0.2) is 0 Å². The molecular weight excluding hydrogens is 1070 g/mol. The summed E-state index contributed by atoms with van der Waals surface area (Å²) in [6.45, 7) is -5.10. The average Bonchev–Trinajstić information content (AvgIpc) is 2.76. The Bertz CT molecular complexity index is 767. The van der Waals surface area contributed by atoms with Crippen molar-refractivity contribution in [3.8, 4) is 0 Å². The van der Waals surface area contributed by atoms with Crippen molar-refractivity contribution >= 4 is 47.8 Å². The second-order valence-electron chi connectivity index (χ2n) is 8.53.